The van der Waals surface area contributed by atoms with Crippen molar-refractivity contribution >= 4 is 0 Å². The van der Waals surface area contributed by atoms with Crippen molar-refractivity contribution in [2.24, 2.45) is 7.05 Å². The largest absolute Gasteiger partial charge is 0.385 e. The molecule has 0 radical (unpaired) electrons. The molecule has 0 spiro atoms. The first-order valence-corrected chi connectivity index (χ1v) is 5.44. The third-order valence-electron chi connectivity index (χ3n) is 2.87. The number of rotatable bonds is 3. The molecule has 1 heterocycles. The summed E-state index contributed by atoms with van der Waals surface area (Å²) >= 11 is 0. The zero-order valence-corrected chi connectivity index (χ0v) is 9.89. The number of hydrogen-bond donors (Lipinski definition) is 1. The van der Waals surface area contributed by atoms with Crippen molar-refractivity contribution in [3.05, 3.63) is 53.9 Å². The Morgan fingerprint density at radius 1 is 1.47 bits per heavy atom. The predicted octanol–water partition coefficient (Wildman–Crippen LogP) is 2.01. The van der Waals surface area contributed by atoms with Crippen LogP contribution in [0.3, 0.4) is 0 Å². The number of benzene rings is 1. The Labute approximate surface area is 99.5 Å². The SMILES string of the molecule is Cn1ccnc1CC(C)(O)c1cccc(F)c1. The number of halogens is 1. The highest BCUT2D eigenvalue weighted by atomic mass is 19.1. The summed E-state index contributed by atoms with van der Waals surface area (Å²) < 4.78 is 15.0. The zero-order chi connectivity index (χ0) is 12.5. The molecule has 0 fully saturated rings. The van der Waals surface area contributed by atoms with Gasteiger partial charge in [-0.2, -0.15) is 0 Å². The van der Waals surface area contributed by atoms with Crippen molar-refractivity contribution in [3.63, 3.8) is 0 Å². The van der Waals surface area contributed by atoms with Crippen LogP contribution in [0.1, 0.15) is 18.3 Å². The van der Waals surface area contributed by atoms with Crippen LogP contribution in [0, 0.1) is 5.82 Å². The molecule has 1 aromatic heterocycles. The van der Waals surface area contributed by atoms with E-state index in [1.165, 1.54) is 12.1 Å². The highest BCUT2D eigenvalue weighted by Gasteiger charge is 2.25. The average Bonchev–Trinajstić information content (AvgIpc) is 2.64. The van der Waals surface area contributed by atoms with E-state index in [-0.39, 0.29) is 5.82 Å². The summed E-state index contributed by atoms with van der Waals surface area (Å²) in [5.74, 6) is 0.418. The highest BCUT2D eigenvalue weighted by Crippen LogP contribution is 2.24. The molecule has 1 atom stereocenters. The maximum absolute atomic E-state index is 13.1. The number of aliphatic hydroxyl groups is 1. The molecular formula is C13H15FN2O. The first kappa shape index (κ1) is 11.8. The van der Waals surface area contributed by atoms with E-state index in [0.29, 0.717) is 12.0 Å². The third kappa shape index (κ3) is 2.53. The molecule has 0 amide bonds. The lowest BCUT2D eigenvalue weighted by Gasteiger charge is -2.23. The Morgan fingerprint density at radius 3 is 2.82 bits per heavy atom. The lowest BCUT2D eigenvalue weighted by atomic mass is 9.92. The fourth-order valence-corrected chi connectivity index (χ4v) is 1.80. The Morgan fingerprint density at radius 2 is 2.24 bits per heavy atom. The van der Waals surface area contributed by atoms with Gasteiger partial charge in [-0.05, 0) is 24.6 Å². The fourth-order valence-electron chi connectivity index (χ4n) is 1.80. The molecule has 0 aliphatic carbocycles. The maximum atomic E-state index is 13.1. The minimum absolute atomic E-state index is 0.345. The number of aromatic nitrogens is 2. The van der Waals surface area contributed by atoms with E-state index in [1.54, 1.807) is 25.3 Å². The lowest BCUT2D eigenvalue weighted by molar-refractivity contribution is 0.0544. The summed E-state index contributed by atoms with van der Waals surface area (Å²) in [4.78, 5) is 4.16. The summed E-state index contributed by atoms with van der Waals surface area (Å²) in [5, 5.41) is 10.4. The van der Waals surface area contributed by atoms with Gasteiger partial charge in [0.05, 0.1) is 5.60 Å². The molecule has 1 unspecified atom stereocenters. The van der Waals surface area contributed by atoms with Gasteiger partial charge in [0.2, 0.25) is 0 Å². The van der Waals surface area contributed by atoms with Gasteiger partial charge in [-0.15, -0.1) is 0 Å². The Kier molecular flexibility index (Phi) is 2.98. The van der Waals surface area contributed by atoms with Gasteiger partial charge in [-0.1, -0.05) is 12.1 Å². The smallest absolute Gasteiger partial charge is 0.123 e. The molecule has 2 rings (SSSR count). The molecule has 17 heavy (non-hydrogen) atoms. The van der Waals surface area contributed by atoms with Crippen molar-refractivity contribution in [2.75, 3.05) is 0 Å². The lowest BCUT2D eigenvalue weighted by Crippen LogP contribution is -2.26. The predicted molar refractivity (Wildman–Crippen MR) is 62.9 cm³/mol. The molecule has 3 nitrogen and oxygen atoms in total. The van der Waals surface area contributed by atoms with Crippen LogP contribution >= 0.6 is 0 Å². The van der Waals surface area contributed by atoms with Gasteiger partial charge in [-0.3, -0.25) is 0 Å². The Hall–Kier alpha value is -1.68. The van der Waals surface area contributed by atoms with Gasteiger partial charge in [0.1, 0.15) is 11.6 Å². The van der Waals surface area contributed by atoms with Crippen molar-refractivity contribution in [2.45, 2.75) is 18.9 Å². The number of hydrogen-bond acceptors (Lipinski definition) is 2. The van der Waals surface area contributed by atoms with Gasteiger partial charge in [0.25, 0.3) is 0 Å². The molecule has 0 aliphatic rings. The van der Waals surface area contributed by atoms with Crippen LogP contribution in [0.25, 0.3) is 0 Å². The second-order valence-electron chi connectivity index (χ2n) is 4.42. The highest BCUT2D eigenvalue weighted by molar-refractivity contribution is 5.23. The molecule has 2 aromatic rings. The van der Waals surface area contributed by atoms with E-state index in [9.17, 15) is 9.50 Å². The molecule has 1 aromatic carbocycles. The second-order valence-corrected chi connectivity index (χ2v) is 4.42. The van der Waals surface area contributed by atoms with Crippen LogP contribution in [0.5, 0.6) is 0 Å². The first-order chi connectivity index (χ1) is 7.99. The molecule has 4 heteroatoms. The standard InChI is InChI=1S/C13H15FN2O/c1-13(17,9-12-15-6-7-16(12)2)10-4-3-5-11(14)8-10/h3-8,17H,9H2,1-2H3. The molecule has 1 N–H and O–H groups in total. The molecule has 0 saturated carbocycles. The second kappa shape index (κ2) is 4.30. The van der Waals surface area contributed by atoms with E-state index in [0.717, 1.165) is 5.82 Å². The maximum Gasteiger partial charge on any atom is 0.123 e. The molecule has 90 valence electrons. The van der Waals surface area contributed by atoms with Gasteiger partial charge < -0.3 is 9.67 Å². The van der Waals surface area contributed by atoms with Crippen LogP contribution in [0.15, 0.2) is 36.7 Å². The monoisotopic (exact) mass is 234 g/mol. The van der Waals surface area contributed by atoms with Crippen LogP contribution < -0.4 is 0 Å². The van der Waals surface area contributed by atoms with Crippen molar-refractivity contribution in [1.29, 1.82) is 0 Å². The summed E-state index contributed by atoms with van der Waals surface area (Å²) in [6.07, 6.45) is 3.84. The van der Waals surface area contributed by atoms with Crippen molar-refractivity contribution in [1.82, 2.24) is 9.55 Å². The zero-order valence-electron chi connectivity index (χ0n) is 9.89. The van der Waals surface area contributed by atoms with Gasteiger partial charge in [-0.25, -0.2) is 9.37 Å². The Bertz CT molecular complexity index is 520. The number of nitrogens with zero attached hydrogens (tertiary/aromatic N) is 2. The first-order valence-electron chi connectivity index (χ1n) is 5.44. The Balaban J connectivity index is 2.27. The van der Waals surface area contributed by atoms with E-state index >= 15 is 0 Å². The minimum Gasteiger partial charge on any atom is -0.385 e. The molecule has 0 saturated heterocycles. The third-order valence-corrected chi connectivity index (χ3v) is 2.87. The molecule has 0 aliphatic heterocycles. The van der Waals surface area contributed by atoms with E-state index in [1.807, 2.05) is 17.8 Å². The van der Waals surface area contributed by atoms with E-state index in [4.69, 9.17) is 0 Å². The summed E-state index contributed by atoms with van der Waals surface area (Å²) in [7, 11) is 1.87. The normalized spacial score (nSPS) is 14.6. The molecule has 0 bridgehead atoms. The van der Waals surface area contributed by atoms with Gasteiger partial charge >= 0.3 is 0 Å². The summed E-state index contributed by atoms with van der Waals surface area (Å²) in [6, 6.07) is 6.02. The van der Waals surface area contributed by atoms with Gasteiger partial charge in [0, 0.05) is 25.9 Å². The fraction of sp³-hybridized carbons (Fsp3) is 0.308. The number of imidazole rings is 1. The topological polar surface area (TPSA) is 38.0 Å². The average molecular weight is 234 g/mol. The van der Waals surface area contributed by atoms with Crippen LogP contribution in [-0.2, 0) is 19.1 Å². The minimum atomic E-state index is -1.12. The van der Waals surface area contributed by atoms with Crippen LogP contribution in [-0.4, -0.2) is 14.7 Å². The quantitative estimate of drug-likeness (QED) is 0.882. The van der Waals surface area contributed by atoms with Crippen molar-refractivity contribution < 1.29 is 9.50 Å². The summed E-state index contributed by atoms with van der Waals surface area (Å²) in [5.41, 5.74) is -0.568. The van der Waals surface area contributed by atoms with Crippen LogP contribution in [0.4, 0.5) is 4.39 Å². The van der Waals surface area contributed by atoms with E-state index in [2.05, 4.69) is 4.98 Å². The summed E-state index contributed by atoms with van der Waals surface area (Å²) in [6.45, 7) is 1.66. The van der Waals surface area contributed by atoms with Crippen LogP contribution in [0.2, 0.25) is 0 Å². The number of aryl methyl sites for hydroxylation is 1. The van der Waals surface area contributed by atoms with Crippen molar-refractivity contribution in [3.8, 4) is 0 Å². The van der Waals surface area contributed by atoms with Gasteiger partial charge in [0.15, 0.2) is 0 Å². The van der Waals surface area contributed by atoms with E-state index < -0.39 is 5.60 Å². The molecular weight excluding hydrogens is 219 g/mol.